The first kappa shape index (κ1) is 48.0. The van der Waals surface area contributed by atoms with Gasteiger partial charge in [-0.25, -0.2) is 0 Å². The van der Waals surface area contributed by atoms with Gasteiger partial charge in [-0.05, 0) is 60.4 Å². The summed E-state index contributed by atoms with van der Waals surface area (Å²) in [5, 5.41) is 13.8. The Labute approximate surface area is 378 Å². The molecule has 1 aromatic heterocycles. The number of nitrogens with one attached hydrogen (secondary N) is 1. The topological polar surface area (TPSA) is 163 Å². The highest BCUT2D eigenvalue weighted by Gasteiger charge is 2.47. The highest BCUT2D eigenvalue weighted by atomic mass is 32.2. The van der Waals surface area contributed by atoms with Gasteiger partial charge in [-0.3, -0.25) is 28.5 Å². The standard InChI is InChI=1S/C46H59N4O8PS3/c1-45(2,3)43(54)60-22-20-57-59(56,58-21-23-61-44(55)46(4,5)6)29-30-16-19-38-32(24-30)25-39(62-38)40(51)48-36-15-11-10-14-34-17-18-37(50(34)41(36)52)42(53)49-27-33(26-47)35(28-49)31-12-8-7-9-13-31/h7-9,12-13,16,19,24-25,33-37H,10-11,14-15,17-18,20-23,27-29H2,1-6H3,(H,48,51)/t33-,34-,35+,36?,37-/m0/s1. The Bertz CT molecular complexity index is 2180. The van der Waals surface area contributed by atoms with Crippen LogP contribution in [0.4, 0.5) is 0 Å². The second-order valence-corrected chi connectivity index (χ2v) is 23.8. The number of nitriles is 1. The molecule has 0 saturated carbocycles. The van der Waals surface area contributed by atoms with Crippen LogP contribution in [0.5, 0.6) is 0 Å². The number of amides is 3. The van der Waals surface area contributed by atoms with Gasteiger partial charge in [0.05, 0.1) is 36.2 Å². The molecule has 12 nitrogen and oxygen atoms in total. The van der Waals surface area contributed by atoms with E-state index in [1.165, 1.54) is 11.3 Å². The highest BCUT2D eigenvalue weighted by Crippen LogP contribution is 2.52. The van der Waals surface area contributed by atoms with Crippen LogP contribution >= 0.6 is 42.5 Å². The molecule has 0 bridgehead atoms. The Kier molecular flexibility index (Phi) is 15.9. The molecule has 0 spiro atoms. The van der Waals surface area contributed by atoms with Gasteiger partial charge >= 0.3 is 7.60 Å². The molecule has 3 fully saturated rings. The van der Waals surface area contributed by atoms with Gasteiger partial charge in [-0.1, -0.05) is 114 Å². The van der Waals surface area contributed by atoms with Crippen LogP contribution in [0, 0.1) is 28.1 Å². The molecule has 4 heterocycles. The molecule has 3 aliphatic rings. The van der Waals surface area contributed by atoms with Crippen LogP contribution in [0.25, 0.3) is 10.1 Å². The van der Waals surface area contributed by atoms with Crippen LogP contribution in [0.1, 0.15) is 107 Å². The number of carbonyl (C=O) groups is 5. The molecule has 6 rings (SSSR count). The number of nitrogens with zero attached hydrogens (tertiary/aromatic N) is 3. The van der Waals surface area contributed by atoms with E-state index in [2.05, 4.69) is 11.4 Å². The summed E-state index contributed by atoms with van der Waals surface area (Å²) in [7, 11) is -3.73. The Balaban J connectivity index is 1.12. The van der Waals surface area contributed by atoms with E-state index in [9.17, 15) is 33.8 Å². The number of fused-ring (bicyclic) bond motifs is 2. The highest BCUT2D eigenvalue weighted by molar-refractivity contribution is 8.14. The molecule has 3 aromatic rings. The van der Waals surface area contributed by atoms with Crippen LogP contribution in [0.2, 0.25) is 0 Å². The van der Waals surface area contributed by atoms with Crippen molar-refractivity contribution in [3.8, 4) is 6.07 Å². The van der Waals surface area contributed by atoms with Crippen LogP contribution in [0.3, 0.4) is 0 Å². The Morgan fingerprint density at radius 3 is 2.15 bits per heavy atom. The molecule has 3 saturated heterocycles. The van der Waals surface area contributed by atoms with Crippen molar-refractivity contribution in [2.75, 3.05) is 37.8 Å². The average molecular weight is 923 g/mol. The van der Waals surface area contributed by atoms with E-state index in [0.29, 0.717) is 54.3 Å². The lowest BCUT2D eigenvalue weighted by atomic mass is 9.90. The molecule has 1 unspecified atom stereocenters. The van der Waals surface area contributed by atoms with Crippen molar-refractivity contribution >= 4 is 80.5 Å². The van der Waals surface area contributed by atoms with Crippen molar-refractivity contribution in [1.29, 1.82) is 5.26 Å². The largest absolute Gasteiger partial charge is 0.340 e. The van der Waals surface area contributed by atoms with E-state index in [-0.39, 0.29) is 65.2 Å². The number of hydrogen-bond donors (Lipinski definition) is 1. The molecule has 3 amide bonds. The van der Waals surface area contributed by atoms with Gasteiger partial charge in [0.25, 0.3) is 5.91 Å². The minimum Gasteiger partial charge on any atom is -0.340 e. The summed E-state index contributed by atoms with van der Waals surface area (Å²) in [6.45, 7) is 11.8. The summed E-state index contributed by atoms with van der Waals surface area (Å²) < 4.78 is 26.8. The number of carbonyl (C=O) groups excluding carboxylic acids is 5. The molecule has 0 radical (unpaired) electrons. The van der Waals surface area contributed by atoms with Crippen molar-refractivity contribution in [1.82, 2.24) is 15.1 Å². The van der Waals surface area contributed by atoms with E-state index in [4.69, 9.17) is 9.05 Å². The Hall–Kier alpha value is -3.51. The molecular weight excluding hydrogens is 864 g/mol. The summed E-state index contributed by atoms with van der Waals surface area (Å²) in [6.07, 6.45) is 4.12. The molecular formula is C46H59N4O8PS3. The number of rotatable bonds is 14. The lowest BCUT2D eigenvalue weighted by Crippen LogP contribution is -2.56. The summed E-state index contributed by atoms with van der Waals surface area (Å²) in [5.41, 5.74) is 0.646. The average Bonchev–Trinajstić information content (AvgIpc) is 3.97. The lowest BCUT2D eigenvalue weighted by molar-refractivity contribution is -0.146. The molecule has 334 valence electrons. The van der Waals surface area contributed by atoms with Gasteiger partial charge in [-0.2, -0.15) is 5.26 Å². The SMILES string of the molecule is CC(C)(C)C(=O)SCCOP(=O)(Cc1ccc2sc(C(=O)NC3CCCC[C@H]4CC[C@@H](C(=O)N5C[C@H](c6ccccc6)[C@@H](C#N)C5)N4C3=O)cc2c1)OCCSC(=O)C(C)(C)C. The molecule has 62 heavy (non-hydrogen) atoms. The maximum Gasteiger partial charge on any atom is 0.335 e. The van der Waals surface area contributed by atoms with Gasteiger partial charge in [0.1, 0.15) is 12.1 Å². The van der Waals surface area contributed by atoms with Gasteiger partial charge in [0, 0.05) is 52.1 Å². The third kappa shape index (κ3) is 12.0. The number of thiophene rings is 1. The van der Waals surface area contributed by atoms with Crippen LogP contribution in [-0.2, 0) is 39.0 Å². The van der Waals surface area contributed by atoms with E-state index < -0.39 is 30.5 Å². The number of thioether (sulfide) groups is 2. The van der Waals surface area contributed by atoms with Crippen LogP contribution in [-0.4, -0.2) is 93.7 Å². The zero-order valence-electron chi connectivity index (χ0n) is 36.6. The molecule has 16 heteroatoms. The fourth-order valence-corrected chi connectivity index (χ4v) is 12.6. The van der Waals surface area contributed by atoms with Gasteiger partial charge in [0.2, 0.25) is 11.8 Å². The quantitative estimate of drug-likeness (QED) is 0.121. The molecule has 3 aliphatic heterocycles. The van der Waals surface area contributed by atoms with E-state index in [1.807, 2.05) is 90.1 Å². The monoisotopic (exact) mass is 922 g/mol. The van der Waals surface area contributed by atoms with E-state index >= 15 is 0 Å². The maximum absolute atomic E-state index is 14.4. The number of benzene rings is 2. The zero-order chi connectivity index (χ0) is 44.8. The normalized spacial score (nSPS) is 22.2. The first-order valence-corrected chi connectivity index (χ1v) is 26.0. The van der Waals surface area contributed by atoms with Crippen molar-refractivity contribution in [2.24, 2.45) is 16.7 Å². The van der Waals surface area contributed by atoms with E-state index in [1.54, 1.807) is 15.9 Å². The van der Waals surface area contributed by atoms with E-state index in [0.717, 1.165) is 58.4 Å². The molecule has 2 aromatic carbocycles. The number of hydrogen-bond acceptors (Lipinski definition) is 12. The summed E-state index contributed by atoms with van der Waals surface area (Å²) in [5.74, 6) is -0.573. The third-order valence-corrected chi connectivity index (χ3v) is 17.1. The second kappa shape index (κ2) is 20.5. The summed E-state index contributed by atoms with van der Waals surface area (Å²) in [6, 6.07) is 18.0. The second-order valence-electron chi connectivity index (χ2n) is 18.5. The van der Waals surface area contributed by atoms with Crippen molar-refractivity contribution < 1.29 is 37.6 Å². The van der Waals surface area contributed by atoms with Gasteiger partial charge in [0.15, 0.2) is 10.2 Å². The Morgan fingerprint density at radius 2 is 1.52 bits per heavy atom. The van der Waals surface area contributed by atoms with Crippen LogP contribution < -0.4 is 5.32 Å². The Morgan fingerprint density at radius 1 is 0.871 bits per heavy atom. The fraction of sp³-hybridized carbons (Fsp3) is 0.565. The maximum atomic E-state index is 14.4. The summed E-state index contributed by atoms with van der Waals surface area (Å²) >= 11 is 3.54. The third-order valence-electron chi connectivity index (χ3n) is 11.6. The predicted molar refractivity (Wildman–Crippen MR) is 247 cm³/mol. The fourth-order valence-electron chi connectivity index (χ4n) is 8.21. The van der Waals surface area contributed by atoms with Crippen molar-refractivity contribution in [3.05, 3.63) is 70.6 Å². The smallest absolute Gasteiger partial charge is 0.335 e. The van der Waals surface area contributed by atoms with Gasteiger partial charge in [-0.15, -0.1) is 11.3 Å². The van der Waals surface area contributed by atoms with Gasteiger partial charge < -0.3 is 24.2 Å². The lowest BCUT2D eigenvalue weighted by Gasteiger charge is -2.36. The minimum absolute atomic E-state index is 0.000592. The molecule has 0 aliphatic carbocycles. The molecule has 1 N–H and O–H groups in total. The zero-order valence-corrected chi connectivity index (χ0v) is 39.9. The van der Waals surface area contributed by atoms with Crippen molar-refractivity contribution in [2.45, 2.75) is 110 Å². The predicted octanol–water partition coefficient (Wildman–Crippen LogP) is 9.04. The number of likely N-dealkylation sites (tertiary alicyclic amines) is 1. The van der Waals surface area contributed by atoms with Crippen LogP contribution in [0.15, 0.2) is 54.6 Å². The summed E-state index contributed by atoms with van der Waals surface area (Å²) in [4.78, 5) is 71.3. The minimum atomic E-state index is -3.73. The molecule has 5 atom stereocenters. The first-order valence-electron chi connectivity index (χ1n) is 21.5. The first-order chi connectivity index (χ1) is 29.4. The van der Waals surface area contributed by atoms with Crippen molar-refractivity contribution in [3.63, 3.8) is 0 Å².